The van der Waals surface area contributed by atoms with Crippen molar-refractivity contribution in [3.05, 3.63) is 52.5 Å². The highest BCUT2D eigenvalue weighted by atomic mass is 35.5. The third kappa shape index (κ3) is 6.77. The fourth-order valence-corrected chi connectivity index (χ4v) is 2.75. The van der Waals surface area contributed by atoms with Gasteiger partial charge in [-0.2, -0.15) is 0 Å². The van der Waals surface area contributed by atoms with Crippen LogP contribution in [0.15, 0.2) is 42.5 Å². The molecule has 0 spiro atoms. The summed E-state index contributed by atoms with van der Waals surface area (Å²) in [5.74, 6) is -0.00876. The van der Waals surface area contributed by atoms with E-state index in [1.54, 1.807) is 49.4 Å². The molecule has 1 atom stereocenters. The number of benzene rings is 2. The highest BCUT2D eigenvalue weighted by Gasteiger charge is 2.17. The average Bonchev–Trinajstić information content (AvgIpc) is 2.62. The number of rotatable bonds is 8. The first kappa shape index (κ1) is 21.1. The maximum atomic E-state index is 12.4. The molecule has 2 amide bonds. The van der Waals surface area contributed by atoms with Gasteiger partial charge in [-0.3, -0.25) is 9.59 Å². The van der Waals surface area contributed by atoms with Crippen LogP contribution in [0.5, 0.6) is 5.75 Å². The van der Waals surface area contributed by atoms with Crippen molar-refractivity contribution in [3.8, 4) is 5.75 Å². The van der Waals surface area contributed by atoms with Gasteiger partial charge in [-0.15, -0.1) is 0 Å². The van der Waals surface area contributed by atoms with Gasteiger partial charge in [0.2, 0.25) is 5.91 Å². The number of amides is 2. The Balaban J connectivity index is 1.96. The van der Waals surface area contributed by atoms with Crippen LogP contribution >= 0.6 is 23.2 Å². The molecule has 2 N–H and O–H groups in total. The lowest BCUT2D eigenvalue weighted by Gasteiger charge is -2.16. The molecule has 0 fully saturated rings. The van der Waals surface area contributed by atoms with Gasteiger partial charge in [0, 0.05) is 22.8 Å². The van der Waals surface area contributed by atoms with E-state index in [1.807, 2.05) is 6.92 Å². The number of anilines is 2. The Morgan fingerprint density at radius 1 is 1.07 bits per heavy atom. The number of hydrogen-bond acceptors (Lipinski definition) is 3. The first-order valence-corrected chi connectivity index (χ1v) is 9.47. The highest BCUT2D eigenvalue weighted by Crippen LogP contribution is 2.28. The Labute approximate surface area is 169 Å². The molecular weight excluding hydrogens is 387 g/mol. The van der Waals surface area contributed by atoms with Crippen molar-refractivity contribution >= 4 is 46.4 Å². The summed E-state index contributed by atoms with van der Waals surface area (Å²) in [7, 11) is 0. The second-order valence-electron chi connectivity index (χ2n) is 6.06. The highest BCUT2D eigenvalue weighted by molar-refractivity contribution is 6.35. The molecule has 0 aromatic heterocycles. The normalized spacial score (nSPS) is 11.6. The maximum Gasteiger partial charge on any atom is 0.265 e. The van der Waals surface area contributed by atoms with Gasteiger partial charge in [0.1, 0.15) is 5.75 Å². The van der Waals surface area contributed by atoms with Crippen LogP contribution in [-0.4, -0.2) is 17.9 Å². The molecule has 2 aromatic rings. The Bertz CT molecular complexity index is 812. The first-order valence-electron chi connectivity index (χ1n) is 8.71. The zero-order valence-corrected chi connectivity index (χ0v) is 16.7. The fraction of sp³-hybridized carbons (Fsp3) is 0.300. The summed E-state index contributed by atoms with van der Waals surface area (Å²) < 4.78 is 5.60. The van der Waals surface area contributed by atoms with E-state index in [2.05, 4.69) is 10.6 Å². The number of halogens is 2. The van der Waals surface area contributed by atoms with E-state index in [0.29, 0.717) is 33.6 Å². The SMILES string of the molecule is CCCCC(=O)Nc1cccc(NC(=O)[C@H](C)Oc2ccc(Cl)cc2Cl)c1. The summed E-state index contributed by atoms with van der Waals surface area (Å²) >= 11 is 11.9. The number of nitrogens with one attached hydrogen (secondary N) is 2. The molecule has 5 nitrogen and oxygen atoms in total. The third-order valence-corrected chi connectivity index (χ3v) is 4.27. The first-order chi connectivity index (χ1) is 12.9. The van der Waals surface area contributed by atoms with E-state index >= 15 is 0 Å². The van der Waals surface area contributed by atoms with Crippen LogP contribution in [0.25, 0.3) is 0 Å². The topological polar surface area (TPSA) is 67.4 Å². The van der Waals surface area contributed by atoms with Crippen LogP contribution in [0.2, 0.25) is 10.0 Å². The van der Waals surface area contributed by atoms with Crippen LogP contribution in [0.3, 0.4) is 0 Å². The van der Waals surface area contributed by atoms with Gasteiger partial charge in [-0.25, -0.2) is 0 Å². The third-order valence-electron chi connectivity index (χ3n) is 3.74. The van der Waals surface area contributed by atoms with E-state index in [4.69, 9.17) is 27.9 Å². The van der Waals surface area contributed by atoms with Gasteiger partial charge in [0.25, 0.3) is 5.91 Å². The van der Waals surface area contributed by atoms with Crippen LogP contribution < -0.4 is 15.4 Å². The Kier molecular flexibility index (Phi) is 7.95. The molecule has 7 heteroatoms. The van der Waals surface area contributed by atoms with E-state index < -0.39 is 6.10 Å². The van der Waals surface area contributed by atoms with Crippen molar-refractivity contribution in [3.63, 3.8) is 0 Å². The Hall–Kier alpha value is -2.24. The Morgan fingerprint density at radius 3 is 2.44 bits per heavy atom. The van der Waals surface area contributed by atoms with Crippen LogP contribution in [0.1, 0.15) is 33.1 Å². The summed E-state index contributed by atoms with van der Waals surface area (Å²) in [6.07, 6.45) is 1.50. The number of carbonyl (C=O) groups excluding carboxylic acids is 2. The molecule has 2 rings (SSSR count). The lowest BCUT2D eigenvalue weighted by molar-refractivity contribution is -0.122. The van der Waals surface area contributed by atoms with Gasteiger partial charge in [-0.1, -0.05) is 42.6 Å². The van der Waals surface area contributed by atoms with Crippen LogP contribution in [0, 0.1) is 0 Å². The molecule has 0 unspecified atom stereocenters. The van der Waals surface area contributed by atoms with Gasteiger partial charge in [0.15, 0.2) is 6.10 Å². The average molecular weight is 409 g/mol. The zero-order valence-electron chi connectivity index (χ0n) is 15.2. The largest absolute Gasteiger partial charge is 0.479 e. The number of hydrogen-bond donors (Lipinski definition) is 2. The molecule has 27 heavy (non-hydrogen) atoms. The van der Waals surface area contributed by atoms with Crippen molar-refractivity contribution in [2.24, 2.45) is 0 Å². The van der Waals surface area contributed by atoms with Crippen molar-refractivity contribution < 1.29 is 14.3 Å². The summed E-state index contributed by atoms with van der Waals surface area (Å²) in [5, 5.41) is 6.41. The van der Waals surface area contributed by atoms with Crippen LogP contribution in [-0.2, 0) is 9.59 Å². The summed E-state index contributed by atoms with van der Waals surface area (Å²) in [4.78, 5) is 24.2. The van der Waals surface area contributed by atoms with E-state index in [1.165, 1.54) is 0 Å². The Morgan fingerprint density at radius 2 is 1.78 bits per heavy atom. The zero-order chi connectivity index (χ0) is 19.8. The van der Waals surface area contributed by atoms with Crippen LogP contribution in [0.4, 0.5) is 11.4 Å². The van der Waals surface area contributed by atoms with Crippen molar-refractivity contribution in [2.45, 2.75) is 39.2 Å². The molecule has 0 aliphatic rings. The van der Waals surface area contributed by atoms with Gasteiger partial charge in [0.05, 0.1) is 5.02 Å². The monoisotopic (exact) mass is 408 g/mol. The van der Waals surface area contributed by atoms with Crippen molar-refractivity contribution in [2.75, 3.05) is 10.6 Å². The van der Waals surface area contributed by atoms with Crippen molar-refractivity contribution in [1.82, 2.24) is 0 Å². The second kappa shape index (κ2) is 10.2. The summed E-state index contributed by atoms with van der Waals surface area (Å²) in [5.41, 5.74) is 1.19. The summed E-state index contributed by atoms with van der Waals surface area (Å²) in [6.45, 7) is 3.65. The second-order valence-corrected chi connectivity index (χ2v) is 6.90. The molecular formula is C20H22Cl2N2O3. The molecule has 0 saturated heterocycles. The number of carbonyl (C=O) groups is 2. The molecule has 0 saturated carbocycles. The van der Waals surface area contributed by atoms with Crippen molar-refractivity contribution in [1.29, 1.82) is 0 Å². The maximum absolute atomic E-state index is 12.4. The lowest BCUT2D eigenvalue weighted by atomic mass is 10.2. The molecule has 0 heterocycles. The number of unbranched alkanes of at least 4 members (excludes halogenated alkanes) is 1. The van der Waals surface area contributed by atoms with E-state index in [9.17, 15) is 9.59 Å². The standard InChI is InChI=1S/C20H22Cl2N2O3/c1-3-4-8-19(25)23-15-6-5-7-16(12-15)24-20(26)13(2)27-18-10-9-14(21)11-17(18)22/h5-7,9-13H,3-4,8H2,1-2H3,(H,23,25)(H,24,26)/t13-/m0/s1. The predicted molar refractivity (Wildman–Crippen MR) is 110 cm³/mol. The van der Waals surface area contributed by atoms with Gasteiger partial charge < -0.3 is 15.4 Å². The fourth-order valence-electron chi connectivity index (χ4n) is 2.29. The minimum Gasteiger partial charge on any atom is -0.479 e. The molecule has 0 radical (unpaired) electrons. The lowest BCUT2D eigenvalue weighted by Crippen LogP contribution is -2.30. The quantitative estimate of drug-likeness (QED) is 0.603. The van der Waals surface area contributed by atoms with E-state index in [0.717, 1.165) is 12.8 Å². The predicted octanol–water partition coefficient (Wildman–Crippen LogP) is 5.53. The minimum atomic E-state index is -0.772. The van der Waals surface area contributed by atoms with Gasteiger partial charge in [-0.05, 0) is 49.7 Å². The number of ether oxygens (including phenoxy) is 1. The molecule has 0 aliphatic heterocycles. The minimum absolute atomic E-state index is 0.0468. The molecule has 0 bridgehead atoms. The molecule has 144 valence electrons. The smallest absolute Gasteiger partial charge is 0.265 e. The molecule has 2 aromatic carbocycles. The molecule has 0 aliphatic carbocycles. The van der Waals surface area contributed by atoms with E-state index in [-0.39, 0.29) is 11.8 Å². The summed E-state index contributed by atoms with van der Waals surface area (Å²) in [6, 6.07) is 11.8. The van der Waals surface area contributed by atoms with Gasteiger partial charge >= 0.3 is 0 Å².